The number of carbonyl (C=O) groups is 4. The topological polar surface area (TPSA) is 122 Å². The van der Waals surface area contributed by atoms with Crippen LogP contribution < -0.4 is 10.6 Å². The number of benzene rings is 2. The van der Waals surface area contributed by atoms with Gasteiger partial charge in [-0.3, -0.25) is 14.4 Å². The zero-order valence-corrected chi connectivity index (χ0v) is 18.6. The number of hydrogen-bond acceptors (Lipinski definition) is 5. The lowest BCUT2D eigenvalue weighted by molar-refractivity contribution is -0.146. The second-order valence-corrected chi connectivity index (χ2v) is 8.14. The highest BCUT2D eigenvalue weighted by molar-refractivity contribution is 6.31. The van der Waals surface area contributed by atoms with Crippen molar-refractivity contribution in [3.8, 4) is 0 Å². The van der Waals surface area contributed by atoms with Crippen LogP contribution in [-0.2, 0) is 19.1 Å². The molecule has 0 fully saturated rings. The minimum absolute atomic E-state index is 0.198. The molecule has 0 bridgehead atoms. The maximum Gasteiger partial charge on any atom is 0.338 e. The van der Waals surface area contributed by atoms with Crippen molar-refractivity contribution in [3.63, 3.8) is 0 Å². The summed E-state index contributed by atoms with van der Waals surface area (Å²) in [5, 5.41) is 15.1. The van der Waals surface area contributed by atoms with Crippen molar-refractivity contribution in [1.29, 1.82) is 0 Å². The highest BCUT2D eigenvalue weighted by atomic mass is 35.5. The molecule has 9 heteroatoms. The van der Waals surface area contributed by atoms with Crippen molar-refractivity contribution in [3.05, 3.63) is 70.8 Å². The van der Waals surface area contributed by atoms with E-state index in [1.54, 1.807) is 30.4 Å². The number of nitrogens with one attached hydrogen (secondary N) is 2. The van der Waals surface area contributed by atoms with Crippen molar-refractivity contribution in [1.82, 2.24) is 0 Å². The van der Waals surface area contributed by atoms with Crippen LogP contribution in [0.1, 0.15) is 28.8 Å². The van der Waals surface area contributed by atoms with Crippen molar-refractivity contribution >= 4 is 46.7 Å². The van der Waals surface area contributed by atoms with Gasteiger partial charge in [-0.25, -0.2) is 4.79 Å². The molecule has 1 aliphatic rings. The number of ether oxygens (including phenoxy) is 1. The molecule has 0 heterocycles. The first kappa shape index (κ1) is 24.0. The van der Waals surface area contributed by atoms with Crippen LogP contribution in [0.25, 0.3) is 0 Å². The van der Waals surface area contributed by atoms with Gasteiger partial charge in [0.25, 0.3) is 5.91 Å². The molecule has 3 N–H and O–H groups in total. The fourth-order valence-electron chi connectivity index (χ4n) is 3.52. The maximum absolute atomic E-state index is 12.5. The molecule has 0 aliphatic heterocycles. The van der Waals surface area contributed by atoms with Gasteiger partial charge in [0.15, 0.2) is 6.61 Å². The molecule has 2 amide bonds. The number of carboxylic acid groups (broad SMARTS) is 1. The van der Waals surface area contributed by atoms with Crippen LogP contribution in [0.5, 0.6) is 0 Å². The third-order valence-corrected chi connectivity index (χ3v) is 5.35. The average molecular weight is 471 g/mol. The van der Waals surface area contributed by atoms with E-state index >= 15 is 0 Å². The second kappa shape index (κ2) is 10.8. The number of carbonyl (C=O) groups excluding carboxylic acids is 3. The maximum atomic E-state index is 12.5. The fraction of sp³-hybridized carbons (Fsp3) is 0.250. The zero-order chi connectivity index (χ0) is 24.0. The highest BCUT2D eigenvalue weighted by Crippen LogP contribution is 2.27. The van der Waals surface area contributed by atoms with E-state index in [1.807, 2.05) is 6.92 Å². The van der Waals surface area contributed by atoms with Gasteiger partial charge < -0.3 is 20.5 Å². The summed E-state index contributed by atoms with van der Waals surface area (Å²) in [6, 6.07) is 11.0. The molecule has 2 atom stereocenters. The molecule has 2 aromatic rings. The number of aryl methyl sites for hydroxylation is 1. The molecular weight excluding hydrogens is 448 g/mol. The van der Waals surface area contributed by atoms with Crippen LogP contribution in [0.3, 0.4) is 0 Å². The Balaban J connectivity index is 1.52. The number of esters is 1. The van der Waals surface area contributed by atoms with Gasteiger partial charge in [-0.15, -0.1) is 0 Å². The van der Waals surface area contributed by atoms with Crippen molar-refractivity contribution in [2.24, 2.45) is 11.8 Å². The largest absolute Gasteiger partial charge is 0.481 e. The SMILES string of the molecule is Cc1cc(Cl)cc(NC(=O)COC(=O)c2ccc(NC(=O)C3CC=CCC3C(=O)O)cc2)c1. The van der Waals surface area contributed by atoms with Gasteiger partial charge in [0.1, 0.15) is 0 Å². The predicted molar refractivity (Wildman–Crippen MR) is 123 cm³/mol. The van der Waals surface area contributed by atoms with Crippen LogP contribution >= 0.6 is 11.6 Å². The Bertz CT molecular complexity index is 1080. The first-order valence-corrected chi connectivity index (χ1v) is 10.6. The minimum atomic E-state index is -1.01. The molecule has 0 saturated heterocycles. The molecule has 0 saturated carbocycles. The van der Waals surface area contributed by atoms with Crippen molar-refractivity contribution in [2.45, 2.75) is 19.8 Å². The number of halogens is 1. The summed E-state index contributed by atoms with van der Waals surface area (Å²) in [6.07, 6.45) is 4.22. The summed E-state index contributed by atoms with van der Waals surface area (Å²) in [4.78, 5) is 48.2. The molecule has 0 aromatic heterocycles. The summed E-state index contributed by atoms with van der Waals surface area (Å²) < 4.78 is 5.03. The van der Waals surface area contributed by atoms with Crippen LogP contribution in [-0.4, -0.2) is 35.5 Å². The normalized spacial score (nSPS) is 17.2. The lowest BCUT2D eigenvalue weighted by Crippen LogP contribution is -2.34. The number of amides is 2. The Labute approximate surface area is 195 Å². The molecule has 2 unspecified atom stereocenters. The average Bonchev–Trinajstić information content (AvgIpc) is 2.77. The molecule has 1 aliphatic carbocycles. The van der Waals surface area contributed by atoms with Crippen LogP contribution in [0.4, 0.5) is 11.4 Å². The second-order valence-electron chi connectivity index (χ2n) is 7.70. The summed E-state index contributed by atoms with van der Waals surface area (Å²) in [5.74, 6) is -4.05. The Morgan fingerprint density at radius 1 is 0.970 bits per heavy atom. The van der Waals surface area contributed by atoms with E-state index in [4.69, 9.17) is 16.3 Å². The van der Waals surface area contributed by atoms with Gasteiger partial charge in [0, 0.05) is 16.4 Å². The summed E-state index contributed by atoms with van der Waals surface area (Å²) in [6.45, 7) is 1.36. The van der Waals surface area contributed by atoms with Gasteiger partial charge in [0.05, 0.1) is 17.4 Å². The molecule has 3 rings (SSSR count). The third-order valence-electron chi connectivity index (χ3n) is 5.13. The first-order valence-electron chi connectivity index (χ1n) is 10.3. The lowest BCUT2D eigenvalue weighted by atomic mass is 9.82. The van der Waals surface area contributed by atoms with E-state index in [1.165, 1.54) is 24.3 Å². The third kappa shape index (κ3) is 6.66. The smallest absolute Gasteiger partial charge is 0.338 e. The van der Waals surface area contributed by atoms with Crippen LogP contribution in [0, 0.1) is 18.8 Å². The van der Waals surface area contributed by atoms with Gasteiger partial charge in [-0.2, -0.15) is 0 Å². The molecule has 0 spiro atoms. The molecular formula is C24H23ClN2O6. The molecule has 33 heavy (non-hydrogen) atoms. The number of allylic oxidation sites excluding steroid dienone is 2. The quantitative estimate of drug-likeness (QED) is 0.414. The summed E-state index contributed by atoms with van der Waals surface area (Å²) in [7, 11) is 0. The summed E-state index contributed by atoms with van der Waals surface area (Å²) >= 11 is 5.96. The standard InChI is InChI=1S/C24H23ClN2O6/c1-14-10-16(25)12-18(11-14)26-21(28)13-33-24(32)15-6-8-17(9-7-15)27-22(29)19-4-2-3-5-20(19)23(30)31/h2-3,6-12,19-20H,4-5,13H2,1H3,(H,26,28)(H,27,29)(H,30,31). The van der Waals surface area contributed by atoms with Gasteiger partial charge in [-0.1, -0.05) is 23.8 Å². The lowest BCUT2D eigenvalue weighted by Gasteiger charge is -2.24. The Hall–Kier alpha value is -3.65. The number of hydrogen-bond donors (Lipinski definition) is 3. The van der Waals surface area contributed by atoms with E-state index in [0.29, 0.717) is 29.2 Å². The minimum Gasteiger partial charge on any atom is -0.481 e. The predicted octanol–water partition coefficient (Wildman–Crippen LogP) is 4.05. The van der Waals surface area contributed by atoms with Gasteiger partial charge >= 0.3 is 11.9 Å². The van der Waals surface area contributed by atoms with Crippen LogP contribution in [0.15, 0.2) is 54.6 Å². The van der Waals surface area contributed by atoms with E-state index in [9.17, 15) is 24.3 Å². The zero-order valence-electron chi connectivity index (χ0n) is 17.8. The van der Waals surface area contributed by atoms with Gasteiger partial charge in [-0.05, 0) is 67.8 Å². The highest BCUT2D eigenvalue weighted by Gasteiger charge is 2.33. The van der Waals surface area contributed by atoms with E-state index in [2.05, 4.69) is 10.6 Å². The van der Waals surface area contributed by atoms with Crippen molar-refractivity contribution < 1.29 is 29.0 Å². The van der Waals surface area contributed by atoms with Crippen LogP contribution in [0.2, 0.25) is 5.02 Å². The Kier molecular flexibility index (Phi) is 7.84. The van der Waals surface area contributed by atoms with E-state index in [-0.39, 0.29) is 5.56 Å². The van der Waals surface area contributed by atoms with E-state index < -0.39 is 42.2 Å². The summed E-state index contributed by atoms with van der Waals surface area (Å²) in [5.41, 5.74) is 1.99. The van der Waals surface area contributed by atoms with E-state index in [0.717, 1.165) is 5.56 Å². The number of anilines is 2. The number of aliphatic carboxylic acids is 1. The molecule has 0 radical (unpaired) electrons. The molecule has 172 valence electrons. The molecule has 8 nitrogen and oxygen atoms in total. The Morgan fingerprint density at radius 3 is 2.27 bits per heavy atom. The first-order chi connectivity index (χ1) is 15.7. The number of rotatable bonds is 7. The van der Waals surface area contributed by atoms with Crippen molar-refractivity contribution in [2.75, 3.05) is 17.2 Å². The Morgan fingerprint density at radius 2 is 1.64 bits per heavy atom. The van der Waals surface area contributed by atoms with Gasteiger partial charge in [0.2, 0.25) is 5.91 Å². The number of carboxylic acids is 1. The fourth-order valence-corrected chi connectivity index (χ4v) is 3.81. The monoisotopic (exact) mass is 470 g/mol. The molecule has 2 aromatic carbocycles.